The molecule has 2 aliphatic rings. The fraction of sp³-hybridized carbons (Fsp3) is 0.692. The normalized spacial score (nSPS) is 21.1. The van der Waals surface area contributed by atoms with E-state index in [4.69, 9.17) is 16.6 Å². The first-order valence-electron chi connectivity index (χ1n) is 6.44. The minimum atomic E-state index is 0.580. The van der Waals surface area contributed by atoms with E-state index in [9.17, 15) is 0 Å². The molecule has 0 saturated heterocycles. The zero-order chi connectivity index (χ0) is 11.8. The van der Waals surface area contributed by atoms with E-state index in [1.165, 1.54) is 38.5 Å². The summed E-state index contributed by atoms with van der Waals surface area (Å²) in [6.45, 7) is 2.04. The van der Waals surface area contributed by atoms with Crippen molar-refractivity contribution in [2.45, 2.75) is 61.6 Å². The molecule has 1 aromatic rings. The van der Waals surface area contributed by atoms with Crippen molar-refractivity contribution < 1.29 is 0 Å². The second-order valence-corrected chi connectivity index (χ2v) is 6.75. The van der Waals surface area contributed by atoms with Crippen LogP contribution in [-0.2, 0) is 0 Å². The summed E-state index contributed by atoms with van der Waals surface area (Å²) in [5.74, 6) is 1.55. The highest BCUT2D eigenvalue weighted by molar-refractivity contribution is 7.99. The van der Waals surface area contributed by atoms with Gasteiger partial charge in [0.25, 0.3) is 0 Å². The Hall–Kier alpha value is -0.280. The molecule has 2 nitrogen and oxygen atoms in total. The van der Waals surface area contributed by atoms with Crippen molar-refractivity contribution >= 4 is 23.4 Å². The van der Waals surface area contributed by atoms with Crippen LogP contribution >= 0.6 is 23.4 Å². The van der Waals surface area contributed by atoms with Crippen molar-refractivity contribution in [1.82, 2.24) is 9.97 Å². The Labute approximate surface area is 112 Å². The van der Waals surface area contributed by atoms with Gasteiger partial charge >= 0.3 is 0 Å². The predicted molar refractivity (Wildman–Crippen MR) is 71.9 cm³/mol. The zero-order valence-corrected chi connectivity index (χ0v) is 11.7. The highest BCUT2D eigenvalue weighted by Crippen LogP contribution is 2.41. The number of halogens is 1. The number of aromatic nitrogens is 2. The molecule has 0 unspecified atom stereocenters. The van der Waals surface area contributed by atoms with Gasteiger partial charge in [0.15, 0.2) is 0 Å². The van der Waals surface area contributed by atoms with Gasteiger partial charge in [0.2, 0.25) is 0 Å². The first-order valence-corrected chi connectivity index (χ1v) is 7.70. The summed E-state index contributed by atoms with van der Waals surface area (Å²) >= 11 is 8.13. The van der Waals surface area contributed by atoms with Crippen molar-refractivity contribution in [3.8, 4) is 0 Å². The molecular formula is C13H17ClN2S. The molecule has 4 heteroatoms. The molecule has 92 valence electrons. The Morgan fingerprint density at radius 2 is 1.82 bits per heavy atom. The molecule has 0 radical (unpaired) electrons. The van der Waals surface area contributed by atoms with Crippen molar-refractivity contribution in [2.75, 3.05) is 0 Å². The third-order valence-electron chi connectivity index (χ3n) is 3.58. The van der Waals surface area contributed by atoms with Gasteiger partial charge in [-0.3, -0.25) is 0 Å². The molecule has 0 amide bonds. The molecule has 0 aliphatic heterocycles. The Morgan fingerprint density at radius 3 is 2.47 bits per heavy atom. The van der Waals surface area contributed by atoms with Gasteiger partial charge in [0.05, 0.1) is 0 Å². The summed E-state index contributed by atoms with van der Waals surface area (Å²) in [7, 11) is 0. The van der Waals surface area contributed by atoms with Crippen LogP contribution in [0.2, 0.25) is 5.15 Å². The second kappa shape index (κ2) is 4.77. The van der Waals surface area contributed by atoms with Gasteiger partial charge in [0, 0.05) is 16.7 Å². The largest absolute Gasteiger partial charge is 0.226 e. The maximum Gasteiger partial charge on any atom is 0.136 e. The lowest BCUT2D eigenvalue weighted by Crippen LogP contribution is -2.02. The minimum absolute atomic E-state index is 0.580. The molecule has 2 saturated carbocycles. The quantitative estimate of drug-likeness (QED) is 0.762. The van der Waals surface area contributed by atoms with E-state index < -0.39 is 0 Å². The minimum Gasteiger partial charge on any atom is -0.226 e. The third-order valence-corrected chi connectivity index (χ3v) is 5.38. The zero-order valence-electron chi connectivity index (χ0n) is 10.1. The number of thioether (sulfide) groups is 1. The van der Waals surface area contributed by atoms with Crippen molar-refractivity contribution in [3.05, 3.63) is 16.5 Å². The van der Waals surface area contributed by atoms with E-state index in [1.54, 1.807) is 0 Å². The topological polar surface area (TPSA) is 25.8 Å². The Balaban J connectivity index is 1.85. The van der Waals surface area contributed by atoms with Crippen molar-refractivity contribution in [2.24, 2.45) is 0 Å². The average Bonchev–Trinajstić information content (AvgIpc) is 3.04. The summed E-state index contributed by atoms with van der Waals surface area (Å²) < 4.78 is 0. The van der Waals surface area contributed by atoms with Gasteiger partial charge in [-0.15, -0.1) is 11.8 Å². The summed E-state index contributed by atoms with van der Waals surface area (Å²) in [5.41, 5.74) is 1.06. The summed E-state index contributed by atoms with van der Waals surface area (Å²) in [5, 5.41) is 2.52. The van der Waals surface area contributed by atoms with Crippen molar-refractivity contribution in [1.29, 1.82) is 0 Å². The lowest BCUT2D eigenvalue weighted by molar-refractivity contribution is 0.849. The molecule has 0 bridgehead atoms. The maximum atomic E-state index is 6.21. The second-order valence-electron chi connectivity index (χ2n) is 5.10. The number of hydrogen-bond donors (Lipinski definition) is 0. The van der Waals surface area contributed by atoms with Crippen LogP contribution in [0, 0.1) is 6.92 Å². The Morgan fingerprint density at radius 1 is 1.12 bits per heavy atom. The van der Waals surface area contributed by atoms with Crippen LogP contribution in [0.3, 0.4) is 0 Å². The van der Waals surface area contributed by atoms with Gasteiger partial charge in [-0.25, -0.2) is 9.97 Å². The number of nitrogens with zero attached hydrogens (tertiary/aromatic N) is 2. The molecule has 2 aliphatic carbocycles. The number of hydrogen-bond acceptors (Lipinski definition) is 3. The smallest absolute Gasteiger partial charge is 0.136 e. The lowest BCUT2D eigenvalue weighted by atomic mass is 10.3. The third kappa shape index (κ3) is 2.60. The SMILES string of the molecule is Cc1c(Cl)nc(C2CC2)nc1SC1CCCC1. The van der Waals surface area contributed by atoms with E-state index in [-0.39, 0.29) is 0 Å². The van der Waals surface area contributed by atoms with Crippen LogP contribution in [0.25, 0.3) is 0 Å². The molecule has 0 aromatic carbocycles. The fourth-order valence-corrected chi connectivity index (χ4v) is 3.83. The first kappa shape index (κ1) is 11.8. The molecule has 1 heterocycles. The van der Waals surface area contributed by atoms with Crippen molar-refractivity contribution in [3.63, 3.8) is 0 Å². The monoisotopic (exact) mass is 268 g/mol. The highest BCUT2D eigenvalue weighted by atomic mass is 35.5. The van der Waals surface area contributed by atoms with Gasteiger partial charge in [-0.05, 0) is 32.6 Å². The molecule has 0 N–H and O–H groups in total. The number of rotatable bonds is 3. The van der Waals surface area contributed by atoms with E-state index in [0.29, 0.717) is 11.1 Å². The van der Waals surface area contributed by atoms with Crippen LogP contribution in [-0.4, -0.2) is 15.2 Å². The van der Waals surface area contributed by atoms with Crippen LogP contribution in [0.1, 0.15) is 55.8 Å². The molecular weight excluding hydrogens is 252 g/mol. The summed E-state index contributed by atoms with van der Waals surface area (Å²) in [4.78, 5) is 9.14. The summed E-state index contributed by atoms with van der Waals surface area (Å²) in [6, 6.07) is 0. The first-order chi connectivity index (χ1) is 8.24. The van der Waals surface area contributed by atoms with Crippen LogP contribution in [0.5, 0.6) is 0 Å². The van der Waals surface area contributed by atoms with E-state index in [1.807, 2.05) is 18.7 Å². The van der Waals surface area contributed by atoms with E-state index in [2.05, 4.69) is 4.98 Å². The highest BCUT2D eigenvalue weighted by Gasteiger charge is 2.28. The molecule has 1 aromatic heterocycles. The molecule has 2 fully saturated rings. The standard InChI is InChI=1S/C13H17ClN2S/c1-8-11(14)15-12(9-6-7-9)16-13(8)17-10-4-2-3-5-10/h9-10H,2-7H2,1H3. The predicted octanol–water partition coefficient (Wildman–Crippen LogP) is 4.35. The van der Waals surface area contributed by atoms with Gasteiger partial charge in [-0.2, -0.15) is 0 Å². The van der Waals surface area contributed by atoms with Crippen LogP contribution in [0.15, 0.2) is 5.03 Å². The van der Waals surface area contributed by atoms with Gasteiger partial charge in [0.1, 0.15) is 16.0 Å². The fourth-order valence-electron chi connectivity index (χ4n) is 2.29. The van der Waals surface area contributed by atoms with Gasteiger partial charge < -0.3 is 0 Å². The van der Waals surface area contributed by atoms with E-state index >= 15 is 0 Å². The Bertz CT molecular complexity index is 426. The maximum absolute atomic E-state index is 6.21. The molecule has 0 spiro atoms. The summed E-state index contributed by atoms with van der Waals surface area (Å²) in [6.07, 6.45) is 7.84. The molecule has 3 rings (SSSR count). The average molecular weight is 269 g/mol. The van der Waals surface area contributed by atoms with Crippen LogP contribution in [0.4, 0.5) is 0 Å². The molecule has 0 atom stereocenters. The van der Waals surface area contributed by atoms with Crippen LogP contribution < -0.4 is 0 Å². The van der Waals surface area contributed by atoms with Gasteiger partial charge in [-0.1, -0.05) is 24.4 Å². The van der Waals surface area contributed by atoms with E-state index in [0.717, 1.165) is 21.7 Å². The lowest BCUT2D eigenvalue weighted by Gasteiger charge is -2.12. The molecule has 17 heavy (non-hydrogen) atoms. The Kier molecular flexibility index (Phi) is 3.31.